The lowest BCUT2D eigenvalue weighted by Gasteiger charge is -2.21. The summed E-state index contributed by atoms with van der Waals surface area (Å²) in [5, 5.41) is 9.46. The van der Waals surface area contributed by atoms with E-state index in [0.29, 0.717) is 11.6 Å². The molecule has 0 aromatic carbocycles. The summed E-state index contributed by atoms with van der Waals surface area (Å²) in [7, 11) is 0. The molecule has 1 aromatic heterocycles. The van der Waals surface area contributed by atoms with Gasteiger partial charge < -0.3 is 10.0 Å². The van der Waals surface area contributed by atoms with Crippen molar-refractivity contribution in [1.82, 2.24) is 4.98 Å². The Morgan fingerprint density at radius 2 is 2.36 bits per heavy atom. The lowest BCUT2D eigenvalue weighted by Crippen LogP contribution is -2.27. The maximum atomic E-state index is 8.86. The number of pyridine rings is 1. The van der Waals surface area contributed by atoms with Crippen LogP contribution in [-0.2, 0) is 0 Å². The van der Waals surface area contributed by atoms with E-state index < -0.39 is 0 Å². The molecule has 5 heteroatoms. The minimum Gasteiger partial charge on any atom is -0.395 e. The summed E-state index contributed by atoms with van der Waals surface area (Å²) >= 11 is 9.17. The van der Waals surface area contributed by atoms with Crippen molar-refractivity contribution < 1.29 is 5.11 Å². The van der Waals surface area contributed by atoms with Crippen LogP contribution in [0.15, 0.2) is 16.7 Å². The van der Waals surface area contributed by atoms with Crippen LogP contribution in [0.4, 0.5) is 5.82 Å². The van der Waals surface area contributed by atoms with E-state index in [1.807, 2.05) is 11.8 Å². The topological polar surface area (TPSA) is 36.4 Å². The predicted octanol–water partition coefficient (Wildman–Crippen LogP) is 2.32. The minimum absolute atomic E-state index is 0.116. The van der Waals surface area contributed by atoms with Crippen LogP contribution in [0.5, 0.6) is 0 Å². The number of likely N-dealkylation sites (N-methyl/N-ethyl adjacent to an activating group) is 1. The molecule has 0 spiro atoms. The van der Waals surface area contributed by atoms with Crippen LogP contribution < -0.4 is 4.90 Å². The molecule has 78 valence electrons. The van der Waals surface area contributed by atoms with E-state index >= 15 is 0 Å². The average molecular weight is 280 g/mol. The second-order valence-corrected chi connectivity index (χ2v) is 4.05. The SMILES string of the molecule is CCN(CCO)c1ncc(Cl)cc1Br. The van der Waals surface area contributed by atoms with E-state index in [1.54, 1.807) is 12.3 Å². The van der Waals surface area contributed by atoms with E-state index in [4.69, 9.17) is 16.7 Å². The lowest BCUT2D eigenvalue weighted by molar-refractivity contribution is 0.302. The van der Waals surface area contributed by atoms with Crippen molar-refractivity contribution in [3.8, 4) is 0 Å². The second-order valence-electron chi connectivity index (χ2n) is 2.76. The number of rotatable bonds is 4. The van der Waals surface area contributed by atoms with Gasteiger partial charge in [0.25, 0.3) is 0 Å². The first-order valence-electron chi connectivity index (χ1n) is 4.36. The van der Waals surface area contributed by atoms with Gasteiger partial charge in [0.05, 0.1) is 16.1 Å². The Morgan fingerprint density at radius 1 is 1.64 bits per heavy atom. The van der Waals surface area contributed by atoms with E-state index in [1.165, 1.54) is 0 Å². The highest BCUT2D eigenvalue weighted by molar-refractivity contribution is 9.10. The normalized spacial score (nSPS) is 10.3. The molecule has 0 radical (unpaired) electrons. The first kappa shape index (κ1) is 11.8. The van der Waals surface area contributed by atoms with Gasteiger partial charge in [0, 0.05) is 19.3 Å². The highest BCUT2D eigenvalue weighted by Crippen LogP contribution is 2.26. The zero-order valence-electron chi connectivity index (χ0n) is 7.87. The molecule has 14 heavy (non-hydrogen) atoms. The van der Waals surface area contributed by atoms with E-state index in [9.17, 15) is 0 Å². The maximum absolute atomic E-state index is 8.86. The molecule has 0 aliphatic carbocycles. The first-order chi connectivity index (χ1) is 6.69. The molecule has 0 bridgehead atoms. The Labute approximate surface area is 96.8 Å². The van der Waals surface area contributed by atoms with Crippen LogP contribution >= 0.6 is 27.5 Å². The third-order valence-electron chi connectivity index (χ3n) is 1.84. The number of anilines is 1. The summed E-state index contributed by atoms with van der Waals surface area (Å²) < 4.78 is 0.848. The third-order valence-corrected chi connectivity index (χ3v) is 2.63. The largest absolute Gasteiger partial charge is 0.395 e. The minimum atomic E-state index is 0.116. The lowest BCUT2D eigenvalue weighted by atomic mass is 10.4. The molecule has 0 saturated heterocycles. The molecule has 1 rings (SSSR count). The molecule has 0 amide bonds. The Hall–Kier alpha value is -0.320. The van der Waals surface area contributed by atoms with Gasteiger partial charge in [-0.15, -0.1) is 0 Å². The Morgan fingerprint density at radius 3 is 2.86 bits per heavy atom. The van der Waals surface area contributed by atoms with Crippen molar-refractivity contribution in [1.29, 1.82) is 0 Å². The summed E-state index contributed by atoms with van der Waals surface area (Å²) in [4.78, 5) is 6.18. The average Bonchev–Trinajstić information content (AvgIpc) is 2.15. The summed E-state index contributed by atoms with van der Waals surface area (Å²) in [6.45, 7) is 3.50. The zero-order chi connectivity index (χ0) is 10.6. The molecular formula is C9H12BrClN2O. The van der Waals surface area contributed by atoms with Crippen LogP contribution in [-0.4, -0.2) is 29.8 Å². The van der Waals surface area contributed by atoms with Crippen molar-refractivity contribution in [2.24, 2.45) is 0 Å². The monoisotopic (exact) mass is 278 g/mol. The van der Waals surface area contributed by atoms with Gasteiger partial charge in [-0.1, -0.05) is 11.6 Å². The number of nitrogens with zero attached hydrogens (tertiary/aromatic N) is 2. The molecule has 0 saturated carbocycles. The van der Waals surface area contributed by atoms with E-state index in [-0.39, 0.29) is 6.61 Å². The quantitative estimate of drug-likeness (QED) is 0.919. The fraction of sp³-hybridized carbons (Fsp3) is 0.444. The Balaban J connectivity index is 2.92. The van der Waals surface area contributed by atoms with Crippen molar-refractivity contribution in [2.75, 3.05) is 24.6 Å². The van der Waals surface area contributed by atoms with Crippen molar-refractivity contribution >= 4 is 33.3 Å². The fourth-order valence-electron chi connectivity index (χ4n) is 1.17. The maximum Gasteiger partial charge on any atom is 0.143 e. The molecule has 1 aromatic rings. The Bertz CT molecular complexity index is 309. The second kappa shape index (κ2) is 5.53. The summed E-state index contributed by atoms with van der Waals surface area (Å²) in [6, 6.07) is 1.80. The van der Waals surface area contributed by atoms with Gasteiger partial charge in [-0.3, -0.25) is 0 Å². The van der Waals surface area contributed by atoms with Crippen molar-refractivity contribution in [2.45, 2.75) is 6.92 Å². The molecule has 0 fully saturated rings. The van der Waals surface area contributed by atoms with Crippen LogP contribution in [0.1, 0.15) is 6.92 Å². The number of aliphatic hydroxyl groups excluding tert-OH is 1. The van der Waals surface area contributed by atoms with Gasteiger partial charge in [-0.25, -0.2) is 4.98 Å². The molecular weight excluding hydrogens is 267 g/mol. The number of hydrogen-bond acceptors (Lipinski definition) is 3. The van der Waals surface area contributed by atoms with Gasteiger partial charge in [0.2, 0.25) is 0 Å². The van der Waals surface area contributed by atoms with Crippen LogP contribution in [0.2, 0.25) is 5.02 Å². The van der Waals surface area contributed by atoms with Crippen LogP contribution in [0, 0.1) is 0 Å². The molecule has 1 N–H and O–H groups in total. The predicted molar refractivity (Wildman–Crippen MR) is 61.9 cm³/mol. The molecule has 1 heterocycles. The van der Waals surface area contributed by atoms with Crippen LogP contribution in [0.3, 0.4) is 0 Å². The van der Waals surface area contributed by atoms with Gasteiger partial charge in [0.1, 0.15) is 5.82 Å². The van der Waals surface area contributed by atoms with Crippen molar-refractivity contribution in [3.05, 3.63) is 21.8 Å². The van der Waals surface area contributed by atoms with E-state index in [2.05, 4.69) is 20.9 Å². The summed E-state index contributed by atoms with van der Waals surface area (Å²) in [5.41, 5.74) is 0. The fourth-order valence-corrected chi connectivity index (χ4v) is 2.06. The number of hydrogen-bond donors (Lipinski definition) is 1. The van der Waals surface area contributed by atoms with Gasteiger partial charge >= 0.3 is 0 Å². The number of aliphatic hydroxyl groups is 1. The van der Waals surface area contributed by atoms with E-state index in [0.717, 1.165) is 16.8 Å². The van der Waals surface area contributed by atoms with Gasteiger partial charge in [0.15, 0.2) is 0 Å². The number of halogens is 2. The molecule has 0 unspecified atom stereocenters. The first-order valence-corrected chi connectivity index (χ1v) is 5.53. The van der Waals surface area contributed by atoms with Crippen molar-refractivity contribution in [3.63, 3.8) is 0 Å². The Kier molecular flexibility index (Phi) is 4.65. The third kappa shape index (κ3) is 2.83. The summed E-state index contributed by atoms with van der Waals surface area (Å²) in [6.07, 6.45) is 1.60. The number of aromatic nitrogens is 1. The molecule has 0 aliphatic rings. The zero-order valence-corrected chi connectivity index (χ0v) is 10.2. The van der Waals surface area contributed by atoms with Crippen LogP contribution in [0.25, 0.3) is 0 Å². The molecule has 0 aliphatic heterocycles. The highest BCUT2D eigenvalue weighted by Gasteiger charge is 2.09. The standard InChI is InChI=1S/C9H12BrClN2O/c1-2-13(3-4-14)9-8(10)5-7(11)6-12-9/h5-6,14H,2-4H2,1H3. The highest BCUT2D eigenvalue weighted by atomic mass is 79.9. The molecule has 3 nitrogen and oxygen atoms in total. The summed E-state index contributed by atoms with van der Waals surface area (Å²) in [5.74, 6) is 0.811. The van der Waals surface area contributed by atoms with Gasteiger partial charge in [-0.05, 0) is 28.9 Å². The van der Waals surface area contributed by atoms with Gasteiger partial charge in [-0.2, -0.15) is 0 Å². The smallest absolute Gasteiger partial charge is 0.143 e. The molecule has 0 atom stereocenters.